The van der Waals surface area contributed by atoms with E-state index in [1.165, 1.54) is 0 Å². The topological polar surface area (TPSA) is 43.4 Å². The predicted molar refractivity (Wildman–Crippen MR) is 107 cm³/mol. The highest BCUT2D eigenvalue weighted by Gasteiger charge is 2.17. The van der Waals surface area contributed by atoms with E-state index in [0.717, 1.165) is 22.8 Å². The second kappa shape index (κ2) is 8.77. The molecule has 0 aliphatic heterocycles. The lowest BCUT2D eigenvalue weighted by Gasteiger charge is -2.15. The first-order valence-electron chi connectivity index (χ1n) is 8.77. The highest BCUT2D eigenvalue weighted by Crippen LogP contribution is 2.30. The summed E-state index contributed by atoms with van der Waals surface area (Å²) in [5, 5.41) is 0. The zero-order valence-corrected chi connectivity index (χ0v) is 14.9. The Labute approximate surface area is 158 Å². The molecule has 0 aromatic heterocycles. The lowest BCUT2D eigenvalue weighted by molar-refractivity contribution is -0.137. The van der Waals surface area contributed by atoms with E-state index < -0.39 is 5.97 Å². The molecular weight excluding hydrogens is 336 g/mol. The quantitative estimate of drug-likeness (QED) is 0.345. The van der Waals surface area contributed by atoms with Crippen molar-refractivity contribution in [1.82, 2.24) is 0 Å². The van der Waals surface area contributed by atoms with Crippen molar-refractivity contribution in [3.63, 3.8) is 0 Å². The van der Waals surface area contributed by atoms with Crippen LogP contribution >= 0.6 is 0 Å². The highest BCUT2D eigenvalue weighted by atomic mass is 16.5. The standard InChI is InChI=1S/C24H20O3/c1-2-22(25)27-17-16-19-14-9-15-21(23(19)18-10-5-3-6-11-18)24(26)20-12-7-4-8-13-20/h2-15H,1,16-17H2. The third kappa shape index (κ3) is 4.39. The van der Waals surface area contributed by atoms with Gasteiger partial charge in [0, 0.05) is 23.6 Å². The number of ether oxygens (including phenoxy) is 1. The van der Waals surface area contributed by atoms with Gasteiger partial charge in [0.05, 0.1) is 6.61 Å². The van der Waals surface area contributed by atoms with Crippen LogP contribution in [-0.4, -0.2) is 18.4 Å². The van der Waals surface area contributed by atoms with Gasteiger partial charge in [0.25, 0.3) is 0 Å². The van der Waals surface area contributed by atoms with Crippen molar-refractivity contribution in [3.8, 4) is 11.1 Å². The minimum atomic E-state index is -0.451. The fourth-order valence-corrected chi connectivity index (χ4v) is 3.01. The van der Waals surface area contributed by atoms with Crippen LogP contribution in [0.25, 0.3) is 11.1 Å². The highest BCUT2D eigenvalue weighted by molar-refractivity contribution is 6.13. The number of carbonyl (C=O) groups excluding carboxylic acids is 2. The average Bonchev–Trinajstić information content (AvgIpc) is 2.74. The maximum atomic E-state index is 13.1. The van der Waals surface area contributed by atoms with Crippen LogP contribution in [0, 0.1) is 0 Å². The van der Waals surface area contributed by atoms with Crippen LogP contribution < -0.4 is 0 Å². The van der Waals surface area contributed by atoms with Gasteiger partial charge in [-0.25, -0.2) is 4.79 Å². The number of rotatable bonds is 7. The van der Waals surface area contributed by atoms with Gasteiger partial charge in [-0.2, -0.15) is 0 Å². The van der Waals surface area contributed by atoms with E-state index in [9.17, 15) is 9.59 Å². The summed E-state index contributed by atoms with van der Waals surface area (Å²) in [6.07, 6.45) is 1.66. The molecule has 0 bridgehead atoms. The Morgan fingerprint density at radius 1 is 0.852 bits per heavy atom. The summed E-state index contributed by atoms with van der Waals surface area (Å²) in [5.74, 6) is -0.479. The number of ketones is 1. The Balaban J connectivity index is 2.02. The summed E-state index contributed by atoms with van der Waals surface area (Å²) in [4.78, 5) is 24.4. The normalized spacial score (nSPS) is 10.2. The number of benzene rings is 3. The molecule has 0 N–H and O–H groups in total. The maximum Gasteiger partial charge on any atom is 0.330 e. The molecule has 134 valence electrons. The zero-order valence-electron chi connectivity index (χ0n) is 14.9. The molecule has 27 heavy (non-hydrogen) atoms. The molecule has 3 aromatic carbocycles. The molecule has 0 saturated heterocycles. The van der Waals surface area contributed by atoms with Crippen molar-refractivity contribution in [1.29, 1.82) is 0 Å². The van der Waals surface area contributed by atoms with E-state index in [4.69, 9.17) is 4.74 Å². The summed E-state index contributed by atoms with van der Waals surface area (Å²) >= 11 is 0. The van der Waals surface area contributed by atoms with Crippen LogP contribution in [0.15, 0.2) is 91.5 Å². The van der Waals surface area contributed by atoms with E-state index in [2.05, 4.69) is 6.58 Å². The van der Waals surface area contributed by atoms with Crippen LogP contribution in [0.2, 0.25) is 0 Å². The SMILES string of the molecule is C=CC(=O)OCCc1cccc(C(=O)c2ccccc2)c1-c1ccccc1. The predicted octanol–water partition coefficient (Wildman–Crippen LogP) is 4.86. The molecule has 0 fully saturated rings. The van der Waals surface area contributed by atoms with Gasteiger partial charge in [-0.1, -0.05) is 85.4 Å². The van der Waals surface area contributed by atoms with Gasteiger partial charge < -0.3 is 4.74 Å². The number of hydrogen-bond donors (Lipinski definition) is 0. The molecule has 0 unspecified atom stereocenters. The second-order valence-electron chi connectivity index (χ2n) is 6.02. The molecular formula is C24H20O3. The first kappa shape index (κ1) is 18.3. The third-order valence-electron chi connectivity index (χ3n) is 4.28. The molecule has 0 heterocycles. The molecule has 3 aromatic rings. The van der Waals surface area contributed by atoms with Crippen LogP contribution in [0.4, 0.5) is 0 Å². The summed E-state index contributed by atoms with van der Waals surface area (Å²) < 4.78 is 5.13. The first-order chi connectivity index (χ1) is 13.2. The largest absolute Gasteiger partial charge is 0.462 e. The third-order valence-corrected chi connectivity index (χ3v) is 4.28. The van der Waals surface area contributed by atoms with Gasteiger partial charge >= 0.3 is 5.97 Å². The van der Waals surface area contributed by atoms with Gasteiger partial charge in [0.15, 0.2) is 5.78 Å². The minimum Gasteiger partial charge on any atom is -0.462 e. The van der Waals surface area contributed by atoms with E-state index in [-0.39, 0.29) is 12.4 Å². The van der Waals surface area contributed by atoms with E-state index in [1.54, 1.807) is 0 Å². The molecule has 0 spiro atoms. The molecule has 3 heteroatoms. The average molecular weight is 356 g/mol. The smallest absolute Gasteiger partial charge is 0.330 e. The van der Waals surface area contributed by atoms with E-state index in [0.29, 0.717) is 17.5 Å². The summed E-state index contributed by atoms with van der Waals surface area (Å²) in [7, 11) is 0. The maximum absolute atomic E-state index is 13.1. The molecule has 0 radical (unpaired) electrons. The molecule has 3 nitrogen and oxygen atoms in total. The Kier molecular flexibility index (Phi) is 5.95. The van der Waals surface area contributed by atoms with Crippen molar-refractivity contribution in [3.05, 3.63) is 108 Å². The lowest BCUT2D eigenvalue weighted by atomic mass is 9.89. The Hall–Kier alpha value is -3.46. The van der Waals surface area contributed by atoms with Crippen LogP contribution in [0.3, 0.4) is 0 Å². The van der Waals surface area contributed by atoms with Crippen molar-refractivity contribution in [2.75, 3.05) is 6.61 Å². The lowest BCUT2D eigenvalue weighted by Crippen LogP contribution is -2.09. The Bertz CT molecular complexity index is 944. The van der Waals surface area contributed by atoms with Gasteiger partial charge in [-0.3, -0.25) is 4.79 Å². The number of hydrogen-bond acceptors (Lipinski definition) is 3. The van der Waals surface area contributed by atoms with E-state index >= 15 is 0 Å². The van der Waals surface area contributed by atoms with Crippen molar-refractivity contribution in [2.24, 2.45) is 0 Å². The molecule has 0 aliphatic carbocycles. The summed E-state index contributed by atoms with van der Waals surface area (Å²) in [6, 6.07) is 24.7. The van der Waals surface area contributed by atoms with Crippen molar-refractivity contribution < 1.29 is 14.3 Å². The van der Waals surface area contributed by atoms with Crippen molar-refractivity contribution >= 4 is 11.8 Å². The van der Waals surface area contributed by atoms with Gasteiger partial charge in [0.1, 0.15) is 0 Å². The van der Waals surface area contributed by atoms with Crippen LogP contribution in [0.5, 0.6) is 0 Å². The number of esters is 1. The molecule has 0 amide bonds. The van der Waals surface area contributed by atoms with Crippen LogP contribution in [0.1, 0.15) is 21.5 Å². The summed E-state index contributed by atoms with van der Waals surface area (Å²) in [5.41, 5.74) is 4.08. The molecule has 0 atom stereocenters. The van der Waals surface area contributed by atoms with Crippen LogP contribution in [-0.2, 0) is 16.0 Å². The Morgan fingerprint density at radius 3 is 2.19 bits per heavy atom. The fourth-order valence-electron chi connectivity index (χ4n) is 3.01. The zero-order chi connectivity index (χ0) is 19.1. The van der Waals surface area contributed by atoms with Gasteiger partial charge in [-0.05, 0) is 16.7 Å². The van der Waals surface area contributed by atoms with Gasteiger partial charge in [0.2, 0.25) is 0 Å². The Morgan fingerprint density at radius 2 is 1.52 bits per heavy atom. The molecule has 0 saturated carbocycles. The number of carbonyl (C=O) groups is 2. The first-order valence-corrected chi connectivity index (χ1v) is 8.77. The van der Waals surface area contributed by atoms with E-state index in [1.807, 2.05) is 78.9 Å². The fraction of sp³-hybridized carbons (Fsp3) is 0.0833. The summed E-state index contributed by atoms with van der Waals surface area (Å²) in [6.45, 7) is 3.63. The van der Waals surface area contributed by atoms with Gasteiger partial charge in [-0.15, -0.1) is 0 Å². The minimum absolute atomic E-state index is 0.0283. The van der Waals surface area contributed by atoms with Crippen molar-refractivity contribution in [2.45, 2.75) is 6.42 Å². The molecule has 0 aliphatic rings. The second-order valence-corrected chi connectivity index (χ2v) is 6.02. The molecule has 3 rings (SSSR count). The monoisotopic (exact) mass is 356 g/mol.